The van der Waals surface area contributed by atoms with Gasteiger partial charge in [0.05, 0.1) is 18.6 Å². The van der Waals surface area contributed by atoms with Gasteiger partial charge in [-0.2, -0.15) is 0 Å². The Labute approximate surface area is 191 Å². The summed E-state index contributed by atoms with van der Waals surface area (Å²) in [6, 6.07) is 13.7. The van der Waals surface area contributed by atoms with Crippen molar-refractivity contribution in [2.75, 3.05) is 31.9 Å². The predicted molar refractivity (Wildman–Crippen MR) is 122 cm³/mol. The second-order valence-corrected chi connectivity index (χ2v) is 8.95. The lowest BCUT2D eigenvalue weighted by Gasteiger charge is -2.35. The highest BCUT2D eigenvalue weighted by atomic mass is 32.2. The Balaban J connectivity index is 1.42. The van der Waals surface area contributed by atoms with Gasteiger partial charge in [0.2, 0.25) is 17.6 Å². The molecule has 2 amide bonds. The molecule has 0 saturated carbocycles. The van der Waals surface area contributed by atoms with Gasteiger partial charge in [-0.1, -0.05) is 55.9 Å². The van der Waals surface area contributed by atoms with Gasteiger partial charge in [0.15, 0.2) is 10.9 Å². The zero-order valence-corrected chi connectivity index (χ0v) is 19.1. The van der Waals surface area contributed by atoms with Gasteiger partial charge in [0, 0.05) is 32.1 Å². The van der Waals surface area contributed by atoms with Gasteiger partial charge in [-0.3, -0.25) is 14.2 Å². The van der Waals surface area contributed by atoms with Crippen molar-refractivity contribution in [3.05, 3.63) is 54.3 Å². The van der Waals surface area contributed by atoms with Gasteiger partial charge in [-0.15, -0.1) is 10.2 Å². The normalized spacial score (nSPS) is 14.2. The first-order valence-corrected chi connectivity index (χ1v) is 11.7. The van der Waals surface area contributed by atoms with E-state index >= 15 is 0 Å². The van der Waals surface area contributed by atoms with Gasteiger partial charge in [-0.25, -0.2) is 0 Å². The Morgan fingerprint density at radius 2 is 1.72 bits per heavy atom. The number of carbonyl (C=O) groups excluding carboxylic acids is 2. The summed E-state index contributed by atoms with van der Waals surface area (Å²) in [6.45, 7) is 6.67. The van der Waals surface area contributed by atoms with Crippen LogP contribution in [0.5, 0.6) is 0 Å². The van der Waals surface area contributed by atoms with E-state index in [1.54, 1.807) is 6.26 Å². The van der Waals surface area contributed by atoms with E-state index in [1.165, 1.54) is 11.8 Å². The number of aromatic nitrogens is 3. The highest BCUT2D eigenvalue weighted by molar-refractivity contribution is 7.99. The van der Waals surface area contributed by atoms with Crippen LogP contribution in [0.1, 0.15) is 19.4 Å². The third-order valence-corrected chi connectivity index (χ3v) is 6.36. The van der Waals surface area contributed by atoms with Gasteiger partial charge in [0.25, 0.3) is 0 Å². The van der Waals surface area contributed by atoms with Crippen molar-refractivity contribution in [1.29, 1.82) is 0 Å². The van der Waals surface area contributed by atoms with Gasteiger partial charge in [0.1, 0.15) is 0 Å². The monoisotopic (exact) mass is 453 g/mol. The quantitative estimate of drug-likeness (QED) is 0.512. The van der Waals surface area contributed by atoms with Crippen LogP contribution in [0.25, 0.3) is 11.6 Å². The number of hydrogen-bond donors (Lipinski definition) is 0. The Hall–Kier alpha value is -3.07. The molecule has 8 nitrogen and oxygen atoms in total. The van der Waals surface area contributed by atoms with E-state index in [2.05, 4.69) is 10.2 Å². The molecule has 32 heavy (non-hydrogen) atoms. The van der Waals surface area contributed by atoms with Crippen LogP contribution in [0.15, 0.2) is 58.3 Å². The molecule has 0 spiro atoms. The molecule has 9 heteroatoms. The zero-order chi connectivity index (χ0) is 22.5. The first-order chi connectivity index (χ1) is 15.5. The molecule has 4 rings (SSSR count). The van der Waals surface area contributed by atoms with Crippen LogP contribution < -0.4 is 0 Å². The predicted octanol–water partition coefficient (Wildman–Crippen LogP) is 3.01. The van der Waals surface area contributed by atoms with Crippen LogP contribution in [-0.2, 0) is 16.1 Å². The van der Waals surface area contributed by atoms with Crippen LogP contribution in [0.2, 0.25) is 0 Å². The summed E-state index contributed by atoms with van der Waals surface area (Å²) in [5, 5.41) is 9.32. The molecule has 3 heterocycles. The number of carbonyl (C=O) groups is 2. The molecule has 1 aromatic carbocycles. The molecule has 0 N–H and O–H groups in total. The third kappa shape index (κ3) is 5.04. The molecule has 1 saturated heterocycles. The van der Waals surface area contributed by atoms with E-state index in [0.29, 0.717) is 49.5 Å². The van der Waals surface area contributed by atoms with Crippen molar-refractivity contribution in [1.82, 2.24) is 24.6 Å². The molecular weight excluding hydrogens is 426 g/mol. The molecule has 168 valence electrons. The summed E-state index contributed by atoms with van der Waals surface area (Å²) in [4.78, 5) is 28.6. The summed E-state index contributed by atoms with van der Waals surface area (Å²) < 4.78 is 7.52. The van der Waals surface area contributed by atoms with E-state index in [4.69, 9.17) is 4.42 Å². The highest BCUT2D eigenvalue weighted by Crippen LogP contribution is 2.26. The van der Waals surface area contributed by atoms with Crippen LogP contribution in [0, 0.1) is 5.92 Å². The standard InChI is InChI=1S/C23H27N5O3S/c1-17(2)22(30)27-12-10-26(11-13-27)20(29)16-32-23-25-24-21(19-9-6-14-31-19)28(23)15-18-7-4-3-5-8-18/h3-9,14,17H,10-13,15-16H2,1-2H3. The summed E-state index contributed by atoms with van der Waals surface area (Å²) in [7, 11) is 0. The average Bonchev–Trinajstić information content (AvgIpc) is 3.48. The van der Waals surface area contributed by atoms with Crippen molar-refractivity contribution >= 4 is 23.6 Å². The molecule has 3 aromatic rings. The number of hydrogen-bond acceptors (Lipinski definition) is 6. The maximum Gasteiger partial charge on any atom is 0.233 e. The Kier molecular flexibility index (Phi) is 6.94. The van der Waals surface area contributed by atoms with Crippen molar-refractivity contribution in [3.8, 4) is 11.6 Å². The number of furan rings is 1. The molecule has 0 unspecified atom stereocenters. The Morgan fingerprint density at radius 3 is 2.38 bits per heavy atom. The number of benzene rings is 1. The average molecular weight is 454 g/mol. The number of rotatable bonds is 7. The van der Waals surface area contributed by atoms with Crippen molar-refractivity contribution in [2.24, 2.45) is 5.92 Å². The maximum atomic E-state index is 12.8. The summed E-state index contributed by atoms with van der Waals surface area (Å²) in [5.74, 6) is 1.70. The first-order valence-electron chi connectivity index (χ1n) is 10.7. The molecule has 1 fully saturated rings. The minimum absolute atomic E-state index is 0.0212. The summed E-state index contributed by atoms with van der Waals surface area (Å²) in [5.41, 5.74) is 1.11. The summed E-state index contributed by atoms with van der Waals surface area (Å²) in [6.07, 6.45) is 1.61. The van der Waals surface area contributed by atoms with Gasteiger partial charge in [-0.05, 0) is 17.7 Å². The van der Waals surface area contributed by atoms with E-state index in [-0.39, 0.29) is 23.5 Å². The lowest BCUT2D eigenvalue weighted by molar-refractivity contribution is -0.140. The lowest BCUT2D eigenvalue weighted by atomic mass is 10.1. The molecule has 0 bridgehead atoms. The molecule has 0 radical (unpaired) electrons. The topological polar surface area (TPSA) is 84.5 Å². The molecule has 0 atom stereocenters. The second kappa shape index (κ2) is 10.0. The minimum Gasteiger partial charge on any atom is -0.461 e. The second-order valence-electron chi connectivity index (χ2n) is 8.00. The molecule has 2 aromatic heterocycles. The minimum atomic E-state index is -0.0212. The third-order valence-electron chi connectivity index (χ3n) is 5.40. The molecule has 0 aliphatic carbocycles. The van der Waals surface area contributed by atoms with E-state index in [1.807, 2.05) is 70.7 Å². The van der Waals surface area contributed by atoms with Gasteiger partial charge >= 0.3 is 0 Å². The van der Waals surface area contributed by atoms with E-state index in [0.717, 1.165) is 5.56 Å². The number of amides is 2. The van der Waals surface area contributed by atoms with Crippen molar-refractivity contribution in [3.63, 3.8) is 0 Å². The van der Waals surface area contributed by atoms with Gasteiger partial charge < -0.3 is 14.2 Å². The highest BCUT2D eigenvalue weighted by Gasteiger charge is 2.26. The van der Waals surface area contributed by atoms with E-state index in [9.17, 15) is 9.59 Å². The fraction of sp³-hybridized carbons (Fsp3) is 0.391. The number of nitrogens with zero attached hydrogens (tertiary/aromatic N) is 5. The smallest absolute Gasteiger partial charge is 0.233 e. The fourth-order valence-electron chi connectivity index (χ4n) is 3.65. The number of piperazine rings is 1. The number of thioether (sulfide) groups is 1. The first kappa shape index (κ1) is 22.1. The SMILES string of the molecule is CC(C)C(=O)N1CCN(C(=O)CSc2nnc(-c3ccco3)n2Cc2ccccc2)CC1. The maximum absolute atomic E-state index is 12.8. The van der Waals surface area contributed by atoms with Crippen molar-refractivity contribution < 1.29 is 14.0 Å². The zero-order valence-electron chi connectivity index (χ0n) is 18.3. The molecule has 1 aliphatic heterocycles. The largest absolute Gasteiger partial charge is 0.461 e. The Bertz CT molecular complexity index is 1040. The Morgan fingerprint density at radius 1 is 1.00 bits per heavy atom. The lowest BCUT2D eigenvalue weighted by Crippen LogP contribution is -2.51. The molecular formula is C23H27N5O3S. The van der Waals surface area contributed by atoms with E-state index < -0.39 is 0 Å². The fourth-order valence-corrected chi connectivity index (χ4v) is 4.49. The van der Waals surface area contributed by atoms with Crippen LogP contribution in [0.4, 0.5) is 0 Å². The van der Waals surface area contributed by atoms with Crippen LogP contribution in [0.3, 0.4) is 0 Å². The molecule has 1 aliphatic rings. The van der Waals surface area contributed by atoms with Crippen LogP contribution >= 0.6 is 11.8 Å². The van der Waals surface area contributed by atoms with Crippen molar-refractivity contribution in [2.45, 2.75) is 25.5 Å². The summed E-state index contributed by atoms with van der Waals surface area (Å²) >= 11 is 1.37. The van der Waals surface area contributed by atoms with Crippen LogP contribution in [-0.4, -0.2) is 68.3 Å².